The number of ketones is 2. The maximum atomic E-state index is 13.9. The predicted octanol–water partition coefficient (Wildman–Crippen LogP) is 4.85. The average Bonchev–Trinajstić information content (AvgIpc) is 2.90. The van der Waals surface area contributed by atoms with E-state index < -0.39 is 11.5 Å². The Hall–Kier alpha value is -1.32. The standard InChI is InChI=1S/C20H24F2O2/c1-2-20-10-15(19(21)22)18-13-6-4-12(23)9-11(13)3-5-14(18)16(20)7-8-17(20)24/h9,13-14,16,18H,2-8,10H2,1H3/t13-,14-,16-,18+,20?/m0/s1. The highest BCUT2D eigenvalue weighted by atomic mass is 19.3. The monoisotopic (exact) mass is 334 g/mol. The summed E-state index contributed by atoms with van der Waals surface area (Å²) in [6, 6.07) is 0. The number of halogens is 2. The van der Waals surface area contributed by atoms with Gasteiger partial charge in [0.05, 0.1) is 0 Å². The van der Waals surface area contributed by atoms with Gasteiger partial charge in [-0.05, 0) is 68.3 Å². The normalized spacial score (nSPS) is 41.5. The van der Waals surface area contributed by atoms with Crippen molar-refractivity contribution < 1.29 is 18.4 Å². The second-order valence-corrected chi connectivity index (χ2v) is 8.10. The Kier molecular flexibility index (Phi) is 3.77. The van der Waals surface area contributed by atoms with Crippen LogP contribution in [0.1, 0.15) is 58.3 Å². The van der Waals surface area contributed by atoms with Crippen LogP contribution in [-0.2, 0) is 9.59 Å². The molecule has 0 bridgehead atoms. The first kappa shape index (κ1) is 16.2. The van der Waals surface area contributed by atoms with Gasteiger partial charge in [0.2, 0.25) is 0 Å². The molecule has 0 spiro atoms. The van der Waals surface area contributed by atoms with Gasteiger partial charge in [-0.15, -0.1) is 0 Å². The number of hydrogen-bond donors (Lipinski definition) is 0. The molecule has 1 unspecified atom stereocenters. The molecule has 0 aromatic heterocycles. The summed E-state index contributed by atoms with van der Waals surface area (Å²) in [5, 5.41) is 0. The van der Waals surface area contributed by atoms with Crippen molar-refractivity contribution in [2.75, 3.05) is 0 Å². The summed E-state index contributed by atoms with van der Waals surface area (Å²) < 4.78 is 27.8. The van der Waals surface area contributed by atoms with E-state index in [9.17, 15) is 18.4 Å². The number of rotatable bonds is 1. The van der Waals surface area contributed by atoms with Gasteiger partial charge in [-0.1, -0.05) is 12.5 Å². The van der Waals surface area contributed by atoms with E-state index >= 15 is 0 Å². The molecule has 0 aliphatic heterocycles. The first-order valence-corrected chi connectivity index (χ1v) is 9.28. The first-order chi connectivity index (χ1) is 11.5. The second kappa shape index (κ2) is 5.60. The van der Waals surface area contributed by atoms with Crippen molar-refractivity contribution in [2.45, 2.75) is 58.3 Å². The molecule has 0 radical (unpaired) electrons. The third-order valence-corrected chi connectivity index (χ3v) is 7.43. The molecule has 4 aliphatic carbocycles. The van der Waals surface area contributed by atoms with Crippen LogP contribution < -0.4 is 0 Å². The number of fused-ring (bicyclic) bond motifs is 5. The van der Waals surface area contributed by atoms with Gasteiger partial charge in [0.25, 0.3) is 6.08 Å². The maximum Gasteiger partial charge on any atom is 0.269 e. The Labute approximate surface area is 141 Å². The van der Waals surface area contributed by atoms with Crippen molar-refractivity contribution in [3.05, 3.63) is 23.3 Å². The minimum atomic E-state index is -1.57. The summed E-state index contributed by atoms with van der Waals surface area (Å²) in [6.45, 7) is 1.98. The van der Waals surface area contributed by atoms with Crippen LogP contribution >= 0.6 is 0 Å². The van der Waals surface area contributed by atoms with E-state index in [4.69, 9.17) is 0 Å². The maximum absolute atomic E-state index is 13.9. The molecular formula is C20H24F2O2. The molecule has 0 saturated heterocycles. The quantitative estimate of drug-likeness (QED) is 0.687. The number of carbonyl (C=O) groups excluding carboxylic acids is 2. The molecule has 4 aliphatic rings. The van der Waals surface area contributed by atoms with Gasteiger partial charge in [0.1, 0.15) is 5.78 Å². The van der Waals surface area contributed by atoms with Crippen molar-refractivity contribution in [3.63, 3.8) is 0 Å². The lowest BCUT2D eigenvalue weighted by Gasteiger charge is -2.53. The number of Topliss-reactive ketones (excluding diaryl/α,β-unsaturated/α-hetero) is 1. The molecule has 4 rings (SSSR count). The van der Waals surface area contributed by atoms with E-state index in [1.165, 1.54) is 0 Å². The Morgan fingerprint density at radius 2 is 1.96 bits per heavy atom. The van der Waals surface area contributed by atoms with Gasteiger partial charge >= 0.3 is 0 Å². The number of allylic oxidation sites excluding steroid dienone is 2. The van der Waals surface area contributed by atoms with E-state index in [1.54, 1.807) is 6.08 Å². The lowest BCUT2D eigenvalue weighted by Crippen LogP contribution is -2.49. The summed E-state index contributed by atoms with van der Waals surface area (Å²) in [7, 11) is 0. The minimum Gasteiger partial charge on any atom is -0.299 e. The third-order valence-electron chi connectivity index (χ3n) is 7.43. The summed E-state index contributed by atoms with van der Waals surface area (Å²) in [4.78, 5) is 24.3. The summed E-state index contributed by atoms with van der Waals surface area (Å²) in [5.41, 5.74) is 0.768. The number of carbonyl (C=O) groups is 2. The van der Waals surface area contributed by atoms with Crippen LogP contribution in [0.5, 0.6) is 0 Å². The van der Waals surface area contributed by atoms with Gasteiger partial charge < -0.3 is 0 Å². The van der Waals surface area contributed by atoms with Crippen molar-refractivity contribution in [1.82, 2.24) is 0 Å². The van der Waals surface area contributed by atoms with Gasteiger partial charge in [-0.25, -0.2) is 0 Å². The summed E-state index contributed by atoms with van der Waals surface area (Å²) >= 11 is 0. The van der Waals surface area contributed by atoms with E-state index in [2.05, 4.69) is 0 Å². The molecule has 0 heterocycles. The van der Waals surface area contributed by atoms with Crippen molar-refractivity contribution in [3.8, 4) is 0 Å². The van der Waals surface area contributed by atoms with E-state index in [1.807, 2.05) is 6.92 Å². The second-order valence-electron chi connectivity index (χ2n) is 8.10. The van der Waals surface area contributed by atoms with Crippen molar-refractivity contribution in [2.24, 2.45) is 29.1 Å². The van der Waals surface area contributed by atoms with Crippen LogP contribution in [-0.4, -0.2) is 11.6 Å². The largest absolute Gasteiger partial charge is 0.299 e. The fourth-order valence-corrected chi connectivity index (χ4v) is 6.41. The highest BCUT2D eigenvalue weighted by Crippen LogP contribution is 2.64. The molecule has 24 heavy (non-hydrogen) atoms. The van der Waals surface area contributed by atoms with E-state index in [0.717, 1.165) is 24.8 Å². The Morgan fingerprint density at radius 3 is 2.67 bits per heavy atom. The fourth-order valence-electron chi connectivity index (χ4n) is 6.41. The molecule has 0 N–H and O–H groups in total. The smallest absolute Gasteiger partial charge is 0.269 e. The molecule has 0 aromatic rings. The van der Waals surface area contributed by atoms with Gasteiger partial charge in [0, 0.05) is 23.8 Å². The zero-order valence-corrected chi connectivity index (χ0v) is 14.1. The van der Waals surface area contributed by atoms with Crippen LogP contribution in [0, 0.1) is 29.1 Å². The topological polar surface area (TPSA) is 34.1 Å². The SMILES string of the molecule is CCC12CC(=C(F)F)[C@H]3[C@@H](CCC4=CC(=O)CC[C@@H]43)[C@@H]1CCC2=O. The molecule has 3 saturated carbocycles. The molecular weight excluding hydrogens is 310 g/mol. The molecule has 2 nitrogen and oxygen atoms in total. The highest BCUT2D eigenvalue weighted by molar-refractivity contribution is 5.91. The molecule has 4 heteroatoms. The predicted molar refractivity (Wildman–Crippen MR) is 86.3 cm³/mol. The molecule has 0 aromatic carbocycles. The summed E-state index contributed by atoms with van der Waals surface area (Å²) in [5.74, 6) is 0.703. The minimum absolute atomic E-state index is 0.0866. The molecule has 5 atom stereocenters. The van der Waals surface area contributed by atoms with Crippen LogP contribution in [0.2, 0.25) is 0 Å². The lowest BCUT2D eigenvalue weighted by molar-refractivity contribution is -0.130. The fraction of sp³-hybridized carbons (Fsp3) is 0.700. The Balaban J connectivity index is 1.80. The lowest BCUT2D eigenvalue weighted by atomic mass is 9.50. The van der Waals surface area contributed by atoms with E-state index in [-0.39, 0.29) is 47.2 Å². The molecule has 3 fully saturated rings. The van der Waals surface area contributed by atoms with E-state index in [0.29, 0.717) is 25.7 Å². The highest BCUT2D eigenvalue weighted by Gasteiger charge is 2.59. The molecule has 130 valence electrons. The van der Waals surface area contributed by atoms with Crippen LogP contribution in [0.25, 0.3) is 0 Å². The van der Waals surface area contributed by atoms with Crippen LogP contribution in [0.3, 0.4) is 0 Å². The third kappa shape index (κ3) is 2.11. The zero-order chi connectivity index (χ0) is 17.1. The number of hydrogen-bond acceptors (Lipinski definition) is 2. The van der Waals surface area contributed by atoms with Crippen molar-refractivity contribution in [1.29, 1.82) is 0 Å². The summed E-state index contributed by atoms with van der Waals surface area (Å²) in [6.07, 6.45) is 5.32. The van der Waals surface area contributed by atoms with Gasteiger partial charge in [0.15, 0.2) is 5.78 Å². The first-order valence-electron chi connectivity index (χ1n) is 9.28. The van der Waals surface area contributed by atoms with Gasteiger partial charge in [-0.2, -0.15) is 8.78 Å². The van der Waals surface area contributed by atoms with Gasteiger partial charge in [-0.3, -0.25) is 9.59 Å². The molecule has 0 amide bonds. The zero-order valence-electron chi connectivity index (χ0n) is 14.1. The van der Waals surface area contributed by atoms with Crippen LogP contribution in [0.15, 0.2) is 23.3 Å². The Morgan fingerprint density at radius 1 is 1.17 bits per heavy atom. The van der Waals surface area contributed by atoms with Crippen LogP contribution in [0.4, 0.5) is 8.78 Å². The van der Waals surface area contributed by atoms with Crippen molar-refractivity contribution >= 4 is 11.6 Å². The Bertz CT molecular complexity index is 659. The average molecular weight is 334 g/mol.